The van der Waals surface area contributed by atoms with Crippen molar-refractivity contribution in [2.75, 3.05) is 0 Å². The fourth-order valence-corrected chi connectivity index (χ4v) is 2.68. The molecule has 0 atom stereocenters. The predicted octanol–water partition coefficient (Wildman–Crippen LogP) is 2.43. The van der Waals surface area contributed by atoms with Crippen molar-refractivity contribution < 1.29 is 0 Å². The highest BCUT2D eigenvalue weighted by molar-refractivity contribution is 7.16. The molecule has 0 amide bonds. The van der Waals surface area contributed by atoms with Gasteiger partial charge in [-0.15, -0.1) is 10.2 Å². The maximum atomic E-state index is 5.60. The minimum Gasteiger partial charge on any atom is -0.326 e. The first-order valence-corrected chi connectivity index (χ1v) is 7.02. The van der Waals surface area contributed by atoms with Crippen molar-refractivity contribution in [3.63, 3.8) is 0 Å². The van der Waals surface area contributed by atoms with Gasteiger partial charge in [0.2, 0.25) is 4.96 Å². The number of nitrogens with zero attached hydrogens (tertiary/aromatic N) is 4. The Morgan fingerprint density at radius 3 is 2.58 bits per heavy atom. The van der Waals surface area contributed by atoms with Gasteiger partial charge in [0.05, 0.1) is 0 Å². The number of nitrogens with two attached hydrogens (primary N) is 1. The predicted molar refractivity (Wildman–Crippen MR) is 76.1 cm³/mol. The lowest BCUT2D eigenvalue weighted by Gasteiger charge is -2.00. The SMILES string of the molecule is CC(C)c1nn2c(-c3ccc(CN)cc3)nnc2s1. The molecular formula is C13H15N5S. The molecule has 0 aliphatic heterocycles. The lowest BCUT2D eigenvalue weighted by Crippen LogP contribution is -1.97. The topological polar surface area (TPSA) is 69.1 Å². The number of fused-ring (bicyclic) bond motifs is 1. The van der Waals surface area contributed by atoms with Gasteiger partial charge < -0.3 is 5.73 Å². The number of rotatable bonds is 3. The molecule has 0 fully saturated rings. The lowest BCUT2D eigenvalue weighted by atomic mass is 10.1. The third-order valence-corrected chi connectivity index (χ3v) is 4.15. The first-order valence-electron chi connectivity index (χ1n) is 6.20. The maximum Gasteiger partial charge on any atom is 0.234 e. The summed E-state index contributed by atoms with van der Waals surface area (Å²) < 4.78 is 1.82. The Bertz CT molecular complexity index is 695. The minimum absolute atomic E-state index is 0.402. The molecule has 0 aliphatic carbocycles. The van der Waals surface area contributed by atoms with Crippen LogP contribution in [-0.2, 0) is 6.54 Å². The molecule has 19 heavy (non-hydrogen) atoms. The summed E-state index contributed by atoms with van der Waals surface area (Å²) >= 11 is 1.59. The summed E-state index contributed by atoms with van der Waals surface area (Å²) in [5, 5.41) is 14.0. The van der Waals surface area contributed by atoms with Crippen molar-refractivity contribution in [2.45, 2.75) is 26.3 Å². The number of aromatic nitrogens is 4. The first kappa shape index (κ1) is 12.3. The van der Waals surface area contributed by atoms with Crippen LogP contribution in [0.25, 0.3) is 16.3 Å². The summed E-state index contributed by atoms with van der Waals surface area (Å²) in [6.45, 7) is 4.80. The van der Waals surface area contributed by atoms with E-state index in [9.17, 15) is 0 Å². The molecule has 3 rings (SSSR count). The first-order chi connectivity index (χ1) is 9.19. The van der Waals surface area contributed by atoms with Crippen LogP contribution in [0, 0.1) is 0 Å². The van der Waals surface area contributed by atoms with E-state index in [0.29, 0.717) is 12.5 Å². The van der Waals surface area contributed by atoms with Crippen molar-refractivity contribution in [3.8, 4) is 11.4 Å². The fourth-order valence-electron chi connectivity index (χ4n) is 1.83. The largest absolute Gasteiger partial charge is 0.326 e. The van der Waals surface area contributed by atoms with E-state index in [2.05, 4.69) is 29.1 Å². The smallest absolute Gasteiger partial charge is 0.234 e. The maximum absolute atomic E-state index is 5.60. The van der Waals surface area contributed by atoms with Crippen LogP contribution in [0.4, 0.5) is 0 Å². The second-order valence-electron chi connectivity index (χ2n) is 4.71. The van der Waals surface area contributed by atoms with Crippen LogP contribution in [0.2, 0.25) is 0 Å². The van der Waals surface area contributed by atoms with Gasteiger partial charge >= 0.3 is 0 Å². The zero-order valence-electron chi connectivity index (χ0n) is 10.9. The van der Waals surface area contributed by atoms with Crippen molar-refractivity contribution in [1.29, 1.82) is 0 Å². The highest BCUT2D eigenvalue weighted by Gasteiger charge is 2.14. The van der Waals surface area contributed by atoms with Crippen LogP contribution < -0.4 is 5.73 Å². The van der Waals surface area contributed by atoms with E-state index in [4.69, 9.17) is 5.73 Å². The minimum atomic E-state index is 0.402. The van der Waals surface area contributed by atoms with E-state index in [1.165, 1.54) is 0 Å². The van der Waals surface area contributed by atoms with Gasteiger partial charge in [0.1, 0.15) is 5.01 Å². The Balaban J connectivity index is 2.08. The molecule has 5 nitrogen and oxygen atoms in total. The van der Waals surface area contributed by atoms with Crippen LogP contribution in [-0.4, -0.2) is 19.8 Å². The second-order valence-corrected chi connectivity index (χ2v) is 5.70. The molecule has 0 aliphatic rings. The van der Waals surface area contributed by atoms with Gasteiger partial charge in [-0.2, -0.15) is 9.61 Å². The van der Waals surface area contributed by atoms with Gasteiger partial charge in [0.25, 0.3) is 0 Å². The third-order valence-electron chi connectivity index (χ3n) is 2.95. The molecule has 3 aromatic rings. The van der Waals surface area contributed by atoms with Gasteiger partial charge in [-0.05, 0) is 5.56 Å². The molecule has 0 spiro atoms. The Kier molecular flexibility index (Phi) is 3.04. The van der Waals surface area contributed by atoms with Gasteiger partial charge in [-0.25, -0.2) is 0 Å². The average Bonchev–Trinajstić information content (AvgIpc) is 2.98. The quantitative estimate of drug-likeness (QED) is 0.795. The Morgan fingerprint density at radius 1 is 1.21 bits per heavy atom. The summed E-state index contributed by atoms with van der Waals surface area (Å²) in [5.41, 5.74) is 7.71. The van der Waals surface area contributed by atoms with Crippen molar-refractivity contribution in [2.24, 2.45) is 5.73 Å². The van der Waals surface area contributed by atoms with Crippen LogP contribution in [0.1, 0.15) is 30.3 Å². The highest BCUT2D eigenvalue weighted by atomic mass is 32.1. The van der Waals surface area contributed by atoms with Gasteiger partial charge in [0.15, 0.2) is 5.82 Å². The molecule has 2 heterocycles. The van der Waals surface area contributed by atoms with Crippen molar-refractivity contribution in [1.82, 2.24) is 19.8 Å². The molecule has 1 aromatic carbocycles. The summed E-state index contributed by atoms with van der Waals surface area (Å²) in [5.74, 6) is 1.18. The third kappa shape index (κ3) is 2.13. The Hall–Kier alpha value is -1.79. The monoisotopic (exact) mass is 273 g/mol. The summed E-state index contributed by atoms with van der Waals surface area (Å²) in [6, 6.07) is 8.03. The molecule has 2 aromatic heterocycles. The van der Waals surface area contributed by atoms with Gasteiger partial charge in [-0.3, -0.25) is 0 Å². The van der Waals surface area contributed by atoms with E-state index in [1.54, 1.807) is 11.3 Å². The summed E-state index contributed by atoms with van der Waals surface area (Å²) in [7, 11) is 0. The van der Waals surface area contributed by atoms with Gasteiger partial charge in [0, 0.05) is 18.0 Å². The number of hydrogen-bond donors (Lipinski definition) is 1. The molecule has 6 heteroatoms. The van der Waals surface area contributed by atoms with E-state index in [1.807, 2.05) is 28.8 Å². The molecule has 98 valence electrons. The van der Waals surface area contributed by atoms with E-state index in [-0.39, 0.29) is 0 Å². The molecule has 0 bridgehead atoms. The fraction of sp³-hybridized carbons (Fsp3) is 0.308. The summed E-state index contributed by atoms with van der Waals surface area (Å²) in [4.78, 5) is 0.835. The Morgan fingerprint density at radius 2 is 1.95 bits per heavy atom. The molecule has 0 radical (unpaired) electrons. The Labute approximate surface area is 115 Å². The van der Waals surface area contributed by atoms with Crippen LogP contribution in [0.5, 0.6) is 0 Å². The van der Waals surface area contributed by atoms with Crippen LogP contribution in [0.15, 0.2) is 24.3 Å². The standard InChI is InChI=1S/C13H15N5S/c1-8(2)12-17-18-11(15-16-13(18)19-12)10-5-3-9(7-14)4-6-10/h3-6,8H,7,14H2,1-2H3. The molecule has 0 saturated heterocycles. The number of benzene rings is 1. The van der Waals surface area contributed by atoms with E-state index in [0.717, 1.165) is 26.9 Å². The van der Waals surface area contributed by atoms with Crippen molar-refractivity contribution in [3.05, 3.63) is 34.8 Å². The highest BCUT2D eigenvalue weighted by Crippen LogP contribution is 2.25. The lowest BCUT2D eigenvalue weighted by molar-refractivity contribution is 0.802. The van der Waals surface area contributed by atoms with Gasteiger partial charge in [-0.1, -0.05) is 49.4 Å². The summed E-state index contributed by atoms with van der Waals surface area (Å²) in [6.07, 6.45) is 0. The average molecular weight is 273 g/mol. The van der Waals surface area contributed by atoms with Crippen LogP contribution in [0.3, 0.4) is 0 Å². The molecule has 0 saturated carbocycles. The molecular weight excluding hydrogens is 258 g/mol. The second kappa shape index (κ2) is 4.71. The van der Waals surface area contributed by atoms with Crippen molar-refractivity contribution >= 4 is 16.3 Å². The van der Waals surface area contributed by atoms with E-state index >= 15 is 0 Å². The van der Waals surface area contributed by atoms with Crippen LogP contribution >= 0.6 is 11.3 Å². The number of hydrogen-bond acceptors (Lipinski definition) is 5. The zero-order chi connectivity index (χ0) is 13.4. The molecule has 2 N–H and O–H groups in total. The zero-order valence-corrected chi connectivity index (χ0v) is 11.7. The molecule has 0 unspecified atom stereocenters. The van der Waals surface area contributed by atoms with E-state index < -0.39 is 0 Å². The normalized spacial score (nSPS) is 11.6.